The lowest BCUT2D eigenvalue weighted by atomic mass is 10.1. The van der Waals surface area contributed by atoms with Gasteiger partial charge in [0.25, 0.3) is 0 Å². The fourth-order valence-corrected chi connectivity index (χ4v) is 2.66. The van der Waals surface area contributed by atoms with Gasteiger partial charge < -0.3 is 20.3 Å². The molecule has 1 aromatic carbocycles. The third-order valence-electron chi connectivity index (χ3n) is 3.90. The molecule has 1 aliphatic rings. The average molecular weight is 293 g/mol. The lowest BCUT2D eigenvalue weighted by molar-refractivity contribution is -0.0292. The van der Waals surface area contributed by atoms with Gasteiger partial charge in [-0.15, -0.1) is 0 Å². The molecule has 4 nitrogen and oxygen atoms in total. The fourth-order valence-electron chi connectivity index (χ4n) is 2.66. The second kappa shape index (κ2) is 9.03. The molecule has 1 saturated carbocycles. The lowest BCUT2D eigenvalue weighted by Crippen LogP contribution is -2.26. The van der Waals surface area contributed by atoms with E-state index in [-0.39, 0.29) is 6.61 Å². The van der Waals surface area contributed by atoms with E-state index in [0.29, 0.717) is 19.3 Å². The van der Waals surface area contributed by atoms with E-state index in [0.717, 1.165) is 24.2 Å². The van der Waals surface area contributed by atoms with Crippen molar-refractivity contribution in [1.82, 2.24) is 0 Å². The summed E-state index contributed by atoms with van der Waals surface area (Å²) in [4.78, 5) is 0. The first-order valence-electron chi connectivity index (χ1n) is 7.99. The van der Waals surface area contributed by atoms with Gasteiger partial charge in [-0.1, -0.05) is 37.8 Å². The highest BCUT2D eigenvalue weighted by Gasteiger charge is 2.15. The van der Waals surface area contributed by atoms with E-state index in [9.17, 15) is 5.11 Å². The molecule has 0 saturated heterocycles. The number of benzene rings is 1. The van der Waals surface area contributed by atoms with E-state index in [1.807, 2.05) is 24.3 Å². The van der Waals surface area contributed by atoms with Gasteiger partial charge in [0.1, 0.15) is 18.5 Å². The zero-order valence-electron chi connectivity index (χ0n) is 12.7. The van der Waals surface area contributed by atoms with Crippen LogP contribution in [0.3, 0.4) is 0 Å². The number of nitrogens with two attached hydrogens (primary N) is 1. The molecule has 0 spiro atoms. The standard InChI is InChI=1S/C17H27NO3/c18-11-14-6-5-9-17(10-14)21-13-15(19)12-20-16-7-3-1-2-4-8-16/h5-6,9-10,15-16,19H,1-4,7-8,11-13,18H2. The van der Waals surface area contributed by atoms with E-state index in [1.54, 1.807) is 0 Å². The second-order valence-corrected chi connectivity index (χ2v) is 5.76. The maximum atomic E-state index is 9.96. The minimum Gasteiger partial charge on any atom is -0.491 e. The van der Waals surface area contributed by atoms with Gasteiger partial charge in [-0.05, 0) is 30.5 Å². The largest absolute Gasteiger partial charge is 0.491 e. The van der Waals surface area contributed by atoms with E-state index < -0.39 is 6.10 Å². The summed E-state index contributed by atoms with van der Waals surface area (Å²) in [6, 6.07) is 7.64. The first kappa shape index (κ1) is 16.3. The van der Waals surface area contributed by atoms with Crippen LogP contribution in [-0.2, 0) is 11.3 Å². The van der Waals surface area contributed by atoms with Crippen LogP contribution in [0.5, 0.6) is 5.75 Å². The molecule has 2 rings (SSSR count). The van der Waals surface area contributed by atoms with Gasteiger partial charge in [0.05, 0.1) is 12.7 Å². The topological polar surface area (TPSA) is 64.7 Å². The molecule has 4 heteroatoms. The van der Waals surface area contributed by atoms with Crippen molar-refractivity contribution in [3.63, 3.8) is 0 Å². The Hall–Kier alpha value is -1.10. The third kappa shape index (κ3) is 6.04. The molecule has 1 atom stereocenters. The summed E-state index contributed by atoms with van der Waals surface area (Å²) in [6.07, 6.45) is 7.05. The smallest absolute Gasteiger partial charge is 0.119 e. The molecule has 0 aliphatic heterocycles. The normalized spacial score (nSPS) is 18.2. The van der Waals surface area contributed by atoms with Crippen LogP contribution >= 0.6 is 0 Å². The number of aliphatic hydroxyl groups is 1. The van der Waals surface area contributed by atoms with Crippen molar-refractivity contribution in [2.75, 3.05) is 13.2 Å². The van der Waals surface area contributed by atoms with Crippen molar-refractivity contribution < 1.29 is 14.6 Å². The van der Waals surface area contributed by atoms with Crippen molar-refractivity contribution in [1.29, 1.82) is 0 Å². The van der Waals surface area contributed by atoms with Gasteiger partial charge in [0, 0.05) is 6.54 Å². The number of hydrogen-bond donors (Lipinski definition) is 2. The van der Waals surface area contributed by atoms with E-state index >= 15 is 0 Å². The Kier molecular flexibility index (Phi) is 7.00. The minimum absolute atomic E-state index is 0.251. The summed E-state index contributed by atoms with van der Waals surface area (Å²) in [5.41, 5.74) is 6.62. The van der Waals surface area contributed by atoms with Gasteiger partial charge in [0.15, 0.2) is 0 Å². The van der Waals surface area contributed by atoms with E-state index in [2.05, 4.69) is 0 Å². The van der Waals surface area contributed by atoms with Gasteiger partial charge in [0.2, 0.25) is 0 Å². The predicted octanol–water partition coefficient (Wildman–Crippen LogP) is 2.62. The summed E-state index contributed by atoms with van der Waals surface area (Å²) < 4.78 is 11.4. The first-order valence-corrected chi connectivity index (χ1v) is 7.99. The molecule has 3 N–H and O–H groups in total. The van der Waals surface area contributed by atoms with Gasteiger partial charge in [-0.3, -0.25) is 0 Å². The van der Waals surface area contributed by atoms with Crippen LogP contribution in [0.2, 0.25) is 0 Å². The number of rotatable bonds is 7. The summed E-state index contributed by atoms with van der Waals surface area (Å²) >= 11 is 0. The van der Waals surface area contributed by atoms with Crippen LogP contribution in [0, 0.1) is 0 Å². The van der Waals surface area contributed by atoms with Crippen molar-refractivity contribution in [3.05, 3.63) is 29.8 Å². The summed E-state index contributed by atoms with van der Waals surface area (Å²) in [7, 11) is 0. The van der Waals surface area contributed by atoms with Crippen molar-refractivity contribution in [2.24, 2.45) is 5.73 Å². The molecule has 0 amide bonds. The van der Waals surface area contributed by atoms with Crippen molar-refractivity contribution >= 4 is 0 Å². The van der Waals surface area contributed by atoms with E-state index in [4.69, 9.17) is 15.2 Å². The fraction of sp³-hybridized carbons (Fsp3) is 0.647. The highest BCUT2D eigenvalue weighted by atomic mass is 16.5. The lowest BCUT2D eigenvalue weighted by Gasteiger charge is -2.18. The Morgan fingerprint density at radius 3 is 2.62 bits per heavy atom. The second-order valence-electron chi connectivity index (χ2n) is 5.76. The number of hydrogen-bond acceptors (Lipinski definition) is 4. The molecule has 0 bridgehead atoms. The Balaban J connectivity index is 1.67. The number of ether oxygens (including phenoxy) is 2. The SMILES string of the molecule is NCc1cccc(OCC(O)COC2CCCCCC2)c1. The zero-order valence-corrected chi connectivity index (χ0v) is 12.7. The molecular weight excluding hydrogens is 266 g/mol. The van der Waals surface area contributed by atoms with Crippen LogP contribution in [0.1, 0.15) is 44.1 Å². The quantitative estimate of drug-likeness (QED) is 0.759. The molecule has 1 fully saturated rings. The molecular formula is C17H27NO3. The first-order chi connectivity index (χ1) is 10.3. The maximum Gasteiger partial charge on any atom is 0.119 e. The number of aliphatic hydroxyl groups excluding tert-OH is 1. The molecule has 1 aliphatic carbocycles. The van der Waals surface area contributed by atoms with Crippen LogP contribution in [-0.4, -0.2) is 30.5 Å². The van der Waals surface area contributed by atoms with Crippen LogP contribution in [0.25, 0.3) is 0 Å². The van der Waals surface area contributed by atoms with Crippen molar-refractivity contribution in [2.45, 2.75) is 57.3 Å². The Labute approximate surface area is 127 Å². The third-order valence-corrected chi connectivity index (χ3v) is 3.90. The van der Waals surface area contributed by atoms with E-state index in [1.165, 1.54) is 25.7 Å². The average Bonchev–Trinajstić information content (AvgIpc) is 2.80. The summed E-state index contributed by atoms with van der Waals surface area (Å²) in [5, 5.41) is 9.96. The summed E-state index contributed by atoms with van der Waals surface area (Å²) in [5.74, 6) is 0.742. The van der Waals surface area contributed by atoms with Crippen LogP contribution < -0.4 is 10.5 Å². The molecule has 118 valence electrons. The molecule has 1 aromatic rings. The Morgan fingerprint density at radius 2 is 1.90 bits per heavy atom. The molecule has 0 heterocycles. The van der Waals surface area contributed by atoms with Crippen LogP contribution in [0.15, 0.2) is 24.3 Å². The highest BCUT2D eigenvalue weighted by Crippen LogP contribution is 2.20. The molecule has 1 unspecified atom stereocenters. The monoisotopic (exact) mass is 293 g/mol. The highest BCUT2D eigenvalue weighted by molar-refractivity contribution is 5.28. The van der Waals surface area contributed by atoms with Gasteiger partial charge >= 0.3 is 0 Å². The Morgan fingerprint density at radius 1 is 1.14 bits per heavy atom. The molecule has 0 radical (unpaired) electrons. The molecule has 21 heavy (non-hydrogen) atoms. The zero-order chi connectivity index (χ0) is 14.9. The van der Waals surface area contributed by atoms with Gasteiger partial charge in [-0.25, -0.2) is 0 Å². The summed E-state index contributed by atoms with van der Waals surface area (Å²) in [6.45, 7) is 1.09. The maximum absolute atomic E-state index is 9.96. The van der Waals surface area contributed by atoms with Gasteiger partial charge in [-0.2, -0.15) is 0 Å². The minimum atomic E-state index is -0.588. The van der Waals surface area contributed by atoms with Crippen LogP contribution in [0.4, 0.5) is 0 Å². The van der Waals surface area contributed by atoms with Crippen molar-refractivity contribution in [3.8, 4) is 5.75 Å². The Bertz CT molecular complexity index is 403. The predicted molar refractivity (Wildman–Crippen MR) is 83.3 cm³/mol. The molecule has 0 aromatic heterocycles.